The van der Waals surface area contributed by atoms with E-state index in [1.165, 1.54) is 11.3 Å². The lowest BCUT2D eigenvalue weighted by Crippen LogP contribution is -2.27. The van der Waals surface area contributed by atoms with Crippen LogP contribution in [0.3, 0.4) is 0 Å². The lowest BCUT2D eigenvalue weighted by Gasteiger charge is -2.18. The molecule has 1 aliphatic rings. The number of nitrogens with one attached hydrogen (secondary N) is 1. The van der Waals surface area contributed by atoms with Crippen LogP contribution in [0.25, 0.3) is 22.0 Å². The van der Waals surface area contributed by atoms with Gasteiger partial charge in [-0.05, 0) is 35.9 Å². The summed E-state index contributed by atoms with van der Waals surface area (Å²) in [5.74, 6) is -0.0308. The van der Waals surface area contributed by atoms with E-state index in [1.807, 2.05) is 36.4 Å². The summed E-state index contributed by atoms with van der Waals surface area (Å²) >= 11 is 12.1. The second-order valence-corrected chi connectivity index (χ2v) is 8.12. The lowest BCUT2D eigenvalue weighted by molar-refractivity contribution is -0.130. The normalized spacial score (nSPS) is 15.9. The SMILES string of the molecule is O=C(CCl)N1N=C(c2c(-c3ccccc3)c3cc(Cl)ccc3[nH]c2=O)C[C@H]1c1ccco1. The number of fused-ring (bicyclic) bond motifs is 1. The van der Waals surface area contributed by atoms with Crippen molar-refractivity contribution in [3.8, 4) is 11.1 Å². The zero-order valence-corrected chi connectivity index (χ0v) is 18.2. The first-order valence-corrected chi connectivity index (χ1v) is 10.9. The number of amides is 1. The van der Waals surface area contributed by atoms with Gasteiger partial charge in [0.1, 0.15) is 17.7 Å². The van der Waals surface area contributed by atoms with E-state index in [9.17, 15) is 9.59 Å². The van der Waals surface area contributed by atoms with Gasteiger partial charge in [-0.2, -0.15) is 5.10 Å². The van der Waals surface area contributed by atoms with E-state index < -0.39 is 6.04 Å². The first-order chi connectivity index (χ1) is 15.6. The summed E-state index contributed by atoms with van der Waals surface area (Å²) in [6, 6.07) is 18.0. The van der Waals surface area contributed by atoms with Gasteiger partial charge in [0.15, 0.2) is 0 Å². The number of halogens is 2. The van der Waals surface area contributed by atoms with Crippen LogP contribution in [0, 0.1) is 0 Å². The number of alkyl halides is 1. The Kier molecular flexibility index (Phi) is 5.33. The van der Waals surface area contributed by atoms with Gasteiger partial charge in [-0.25, -0.2) is 5.01 Å². The fraction of sp³-hybridized carbons (Fsp3) is 0.125. The van der Waals surface area contributed by atoms with E-state index in [-0.39, 0.29) is 17.3 Å². The highest BCUT2D eigenvalue weighted by Gasteiger charge is 2.36. The molecule has 1 aliphatic heterocycles. The molecule has 3 heterocycles. The summed E-state index contributed by atoms with van der Waals surface area (Å²) in [6.07, 6.45) is 1.85. The highest BCUT2D eigenvalue weighted by Crippen LogP contribution is 2.37. The summed E-state index contributed by atoms with van der Waals surface area (Å²) in [5, 5.41) is 7.19. The summed E-state index contributed by atoms with van der Waals surface area (Å²) < 4.78 is 5.54. The van der Waals surface area contributed by atoms with E-state index in [4.69, 9.17) is 27.6 Å². The van der Waals surface area contributed by atoms with Crippen LogP contribution in [0.2, 0.25) is 5.02 Å². The zero-order valence-electron chi connectivity index (χ0n) is 16.7. The molecule has 5 rings (SSSR count). The van der Waals surface area contributed by atoms with Gasteiger partial charge in [0, 0.05) is 27.9 Å². The number of carbonyl (C=O) groups excluding carboxylic acids is 1. The zero-order chi connectivity index (χ0) is 22.2. The molecule has 8 heteroatoms. The third-order valence-electron chi connectivity index (χ3n) is 5.48. The van der Waals surface area contributed by atoms with Crippen LogP contribution in [-0.2, 0) is 4.79 Å². The molecule has 6 nitrogen and oxygen atoms in total. The quantitative estimate of drug-likeness (QED) is 0.412. The standard InChI is InChI=1S/C24H17Cl2N3O3/c25-13-21(30)29-19(20-7-4-10-32-20)12-18(28-29)23-22(14-5-2-1-3-6-14)16-11-15(26)8-9-17(16)27-24(23)31/h1-11,19H,12-13H2,(H,27,31)/t19-/m0/s1. The molecule has 32 heavy (non-hydrogen) atoms. The van der Waals surface area contributed by atoms with E-state index in [0.717, 1.165) is 10.9 Å². The Labute approximate surface area is 193 Å². The van der Waals surface area contributed by atoms with Crippen LogP contribution < -0.4 is 5.56 Å². The number of nitrogens with zero attached hydrogens (tertiary/aromatic N) is 2. The van der Waals surface area contributed by atoms with Gasteiger partial charge in [0.05, 0.1) is 17.5 Å². The molecule has 0 fully saturated rings. The number of hydrazone groups is 1. The Morgan fingerprint density at radius 2 is 1.94 bits per heavy atom. The molecule has 0 aliphatic carbocycles. The first kappa shape index (κ1) is 20.5. The number of H-pyrrole nitrogens is 1. The number of benzene rings is 2. The minimum absolute atomic E-state index is 0.233. The highest BCUT2D eigenvalue weighted by molar-refractivity contribution is 6.31. The van der Waals surface area contributed by atoms with Crippen LogP contribution in [0.5, 0.6) is 0 Å². The van der Waals surface area contributed by atoms with Crippen molar-refractivity contribution in [2.45, 2.75) is 12.5 Å². The van der Waals surface area contributed by atoms with Gasteiger partial charge in [0.25, 0.3) is 11.5 Å². The Bertz CT molecular complexity index is 1400. The maximum Gasteiger partial charge on any atom is 0.258 e. The van der Waals surface area contributed by atoms with Gasteiger partial charge >= 0.3 is 0 Å². The fourth-order valence-corrected chi connectivity index (χ4v) is 4.39. The maximum absolute atomic E-state index is 13.3. The van der Waals surface area contributed by atoms with Crippen molar-refractivity contribution in [1.29, 1.82) is 0 Å². The van der Waals surface area contributed by atoms with Crippen LogP contribution in [0.4, 0.5) is 0 Å². The van der Waals surface area contributed by atoms with E-state index >= 15 is 0 Å². The number of aromatic amines is 1. The van der Waals surface area contributed by atoms with Gasteiger partial charge < -0.3 is 9.40 Å². The topological polar surface area (TPSA) is 78.7 Å². The molecular formula is C24H17Cl2N3O3. The minimum Gasteiger partial charge on any atom is -0.467 e. The largest absolute Gasteiger partial charge is 0.467 e. The number of hydrogen-bond acceptors (Lipinski definition) is 4. The molecule has 2 aromatic carbocycles. The molecule has 1 amide bonds. The Morgan fingerprint density at radius 1 is 1.12 bits per heavy atom. The van der Waals surface area contributed by atoms with Crippen molar-refractivity contribution in [2.75, 3.05) is 5.88 Å². The van der Waals surface area contributed by atoms with Crippen molar-refractivity contribution in [3.63, 3.8) is 0 Å². The molecule has 0 saturated heterocycles. The number of furan rings is 1. The third-order valence-corrected chi connectivity index (χ3v) is 5.94. The summed E-state index contributed by atoms with van der Waals surface area (Å²) in [7, 11) is 0. The molecule has 0 spiro atoms. The molecule has 4 aromatic rings. The van der Waals surface area contributed by atoms with Crippen molar-refractivity contribution >= 4 is 45.7 Å². The summed E-state index contributed by atoms with van der Waals surface area (Å²) in [6.45, 7) is 0. The molecule has 0 saturated carbocycles. The number of carbonyl (C=O) groups is 1. The minimum atomic E-state index is -0.482. The van der Waals surface area contributed by atoms with Gasteiger partial charge in [-0.15, -0.1) is 11.6 Å². The second-order valence-electron chi connectivity index (χ2n) is 7.41. The Morgan fingerprint density at radius 3 is 2.66 bits per heavy atom. The van der Waals surface area contributed by atoms with Crippen LogP contribution in [0.1, 0.15) is 23.8 Å². The molecule has 1 atom stereocenters. The average Bonchev–Trinajstić information content (AvgIpc) is 3.48. The van der Waals surface area contributed by atoms with Crippen LogP contribution in [-0.4, -0.2) is 27.5 Å². The molecule has 1 N–H and O–H groups in total. The fourth-order valence-electron chi connectivity index (χ4n) is 4.10. The van der Waals surface area contributed by atoms with E-state index in [1.54, 1.807) is 24.3 Å². The average molecular weight is 466 g/mol. The van der Waals surface area contributed by atoms with Crippen LogP contribution in [0.15, 0.2) is 81.2 Å². The van der Waals surface area contributed by atoms with Crippen molar-refractivity contribution in [3.05, 3.63) is 93.6 Å². The smallest absolute Gasteiger partial charge is 0.258 e. The third kappa shape index (κ3) is 3.51. The number of rotatable bonds is 4. The van der Waals surface area contributed by atoms with Gasteiger partial charge in [-0.1, -0.05) is 41.9 Å². The van der Waals surface area contributed by atoms with Crippen molar-refractivity contribution in [2.24, 2.45) is 5.10 Å². The van der Waals surface area contributed by atoms with E-state index in [0.29, 0.717) is 39.6 Å². The summed E-state index contributed by atoms with van der Waals surface area (Å²) in [5.41, 5.74) is 2.80. The van der Waals surface area contributed by atoms with Crippen molar-refractivity contribution < 1.29 is 9.21 Å². The first-order valence-electron chi connectivity index (χ1n) is 9.97. The predicted molar refractivity (Wildman–Crippen MR) is 125 cm³/mol. The summed E-state index contributed by atoms with van der Waals surface area (Å²) in [4.78, 5) is 28.8. The van der Waals surface area contributed by atoms with Gasteiger partial charge in [-0.3, -0.25) is 9.59 Å². The van der Waals surface area contributed by atoms with Crippen molar-refractivity contribution in [1.82, 2.24) is 9.99 Å². The lowest BCUT2D eigenvalue weighted by atomic mass is 9.92. The van der Waals surface area contributed by atoms with E-state index in [2.05, 4.69) is 10.1 Å². The van der Waals surface area contributed by atoms with Gasteiger partial charge in [0.2, 0.25) is 0 Å². The Balaban J connectivity index is 1.76. The highest BCUT2D eigenvalue weighted by atomic mass is 35.5. The monoisotopic (exact) mass is 465 g/mol. The maximum atomic E-state index is 13.3. The molecule has 0 unspecified atom stereocenters. The molecule has 0 radical (unpaired) electrons. The second kappa shape index (κ2) is 8.30. The number of hydrogen-bond donors (Lipinski definition) is 1. The number of pyridine rings is 1. The molecule has 0 bridgehead atoms. The predicted octanol–water partition coefficient (Wildman–Crippen LogP) is 5.36. The Hall–Kier alpha value is -3.35. The molecule has 160 valence electrons. The molecule has 2 aromatic heterocycles. The number of aromatic nitrogens is 1. The molecular weight excluding hydrogens is 449 g/mol. The van der Waals surface area contributed by atoms with Crippen LogP contribution >= 0.6 is 23.2 Å².